The van der Waals surface area contributed by atoms with Crippen molar-refractivity contribution in [3.8, 4) is 0 Å². The van der Waals surface area contributed by atoms with E-state index in [1.54, 1.807) is 0 Å². The summed E-state index contributed by atoms with van der Waals surface area (Å²) in [7, 11) is 0. The van der Waals surface area contributed by atoms with Gasteiger partial charge in [0.05, 0.1) is 0 Å². The molecule has 22 heavy (non-hydrogen) atoms. The minimum atomic E-state index is 0.0975. The van der Waals surface area contributed by atoms with E-state index in [0.717, 1.165) is 18.4 Å². The van der Waals surface area contributed by atoms with E-state index in [-0.39, 0.29) is 5.91 Å². The molecule has 1 aromatic rings. The lowest BCUT2D eigenvalue weighted by molar-refractivity contribution is 0.0951. The Kier molecular flexibility index (Phi) is 3.62. The van der Waals surface area contributed by atoms with Crippen molar-refractivity contribution in [3.63, 3.8) is 0 Å². The maximum absolute atomic E-state index is 12.3. The van der Waals surface area contributed by atoms with Crippen molar-refractivity contribution in [1.29, 1.82) is 0 Å². The summed E-state index contributed by atoms with van der Waals surface area (Å²) < 4.78 is 0. The number of carbonyl (C=O) groups is 1. The third-order valence-electron chi connectivity index (χ3n) is 6.24. The van der Waals surface area contributed by atoms with E-state index in [0.29, 0.717) is 22.8 Å². The number of hydrogen-bond acceptors (Lipinski definition) is 1. The summed E-state index contributed by atoms with van der Waals surface area (Å²) in [4.78, 5) is 12.3. The molecule has 0 bridgehead atoms. The molecule has 0 radical (unpaired) electrons. The first kappa shape index (κ1) is 15.6. The van der Waals surface area contributed by atoms with Gasteiger partial charge in [0.15, 0.2) is 0 Å². The molecule has 0 aromatic heterocycles. The standard InChI is InChI=1S/C20H29NO/c1-13-6-7-14(18(22)21-16-8-9-16)10-17(13)15-11-19(2,3)20(4,5)12-15/h6-7,10,15-16H,8-9,11-12H2,1-5H3,(H,21,22). The number of rotatable bonds is 3. The van der Waals surface area contributed by atoms with Crippen LogP contribution in [0.3, 0.4) is 0 Å². The largest absolute Gasteiger partial charge is 0.349 e. The molecule has 2 heteroatoms. The van der Waals surface area contributed by atoms with E-state index < -0.39 is 0 Å². The maximum Gasteiger partial charge on any atom is 0.251 e. The molecule has 0 spiro atoms. The van der Waals surface area contributed by atoms with Crippen molar-refractivity contribution in [3.05, 3.63) is 34.9 Å². The van der Waals surface area contributed by atoms with Crippen LogP contribution in [0.2, 0.25) is 0 Å². The van der Waals surface area contributed by atoms with Gasteiger partial charge in [-0.1, -0.05) is 33.8 Å². The van der Waals surface area contributed by atoms with Crippen LogP contribution in [0, 0.1) is 17.8 Å². The first-order valence-corrected chi connectivity index (χ1v) is 8.61. The van der Waals surface area contributed by atoms with Crippen molar-refractivity contribution in [2.45, 2.75) is 72.3 Å². The van der Waals surface area contributed by atoms with Crippen LogP contribution >= 0.6 is 0 Å². The maximum atomic E-state index is 12.3. The van der Waals surface area contributed by atoms with Crippen molar-refractivity contribution >= 4 is 5.91 Å². The van der Waals surface area contributed by atoms with Gasteiger partial charge in [-0.25, -0.2) is 0 Å². The molecule has 1 aromatic carbocycles. The zero-order chi connectivity index (χ0) is 16.1. The Bertz CT molecular complexity index is 580. The van der Waals surface area contributed by atoms with Crippen LogP contribution in [0.25, 0.3) is 0 Å². The van der Waals surface area contributed by atoms with Gasteiger partial charge in [0.1, 0.15) is 0 Å². The second kappa shape index (κ2) is 5.11. The molecule has 2 fully saturated rings. The van der Waals surface area contributed by atoms with E-state index in [2.05, 4.69) is 52.1 Å². The SMILES string of the molecule is Cc1ccc(C(=O)NC2CC2)cc1C1CC(C)(C)C(C)(C)C1. The van der Waals surface area contributed by atoms with Gasteiger partial charge >= 0.3 is 0 Å². The number of amides is 1. The Morgan fingerprint density at radius 3 is 2.23 bits per heavy atom. The minimum Gasteiger partial charge on any atom is -0.349 e. The molecule has 0 unspecified atom stereocenters. The fourth-order valence-corrected chi connectivity index (χ4v) is 3.79. The smallest absolute Gasteiger partial charge is 0.251 e. The highest BCUT2D eigenvalue weighted by molar-refractivity contribution is 5.94. The fraction of sp³-hybridized carbons (Fsp3) is 0.650. The lowest BCUT2D eigenvalue weighted by Gasteiger charge is -2.34. The number of carbonyl (C=O) groups excluding carboxylic acids is 1. The number of nitrogens with one attached hydrogen (secondary N) is 1. The average molecular weight is 299 g/mol. The Labute approximate surface area is 134 Å². The highest BCUT2D eigenvalue weighted by Gasteiger charge is 2.46. The molecule has 2 nitrogen and oxygen atoms in total. The zero-order valence-corrected chi connectivity index (χ0v) is 14.6. The lowest BCUT2D eigenvalue weighted by atomic mass is 9.71. The molecule has 0 atom stereocenters. The summed E-state index contributed by atoms with van der Waals surface area (Å²) in [6.45, 7) is 11.7. The van der Waals surface area contributed by atoms with Gasteiger partial charge in [-0.2, -0.15) is 0 Å². The molecular formula is C20H29NO. The molecule has 0 heterocycles. The predicted octanol–water partition coefficient (Wildman–Crippen LogP) is 4.82. The van der Waals surface area contributed by atoms with Crippen molar-refractivity contribution < 1.29 is 4.79 Å². The van der Waals surface area contributed by atoms with Crippen molar-refractivity contribution in [2.24, 2.45) is 10.8 Å². The fourth-order valence-electron chi connectivity index (χ4n) is 3.79. The van der Waals surface area contributed by atoms with E-state index in [1.165, 1.54) is 24.0 Å². The summed E-state index contributed by atoms with van der Waals surface area (Å²) in [6, 6.07) is 6.66. The van der Waals surface area contributed by atoms with Gasteiger partial charge in [0, 0.05) is 11.6 Å². The summed E-state index contributed by atoms with van der Waals surface area (Å²) in [5.41, 5.74) is 4.21. The summed E-state index contributed by atoms with van der Waals surface area (Å²) in [5, 5.41) is 3.10. The van der Waals surface area contributed by atoms with Crippen LogP contribution < -0.4 is 5.32 Å². The van der Waals surface area contributed by atoms with Gasteiger partial charge in [-0.05, 0) is 72.6 Å². The van der Waals surface area contributed by atoms with Crippen molar-refractivity contribution in [1.82, 2.24) is 5.32 Å². The second-order valence-electron chi connectivity index (χ2n) is 8.69. The number of benzene rings is 1. The zero-order valence-electron chi connectivity index (χ0n) is 14.6. The Morgan fingerprint density at radius 1 is 1.09 bits per heavy atom. The molecule has 0 saturated heterocycles. The van der Waals surface area contributed by atoms with E-state index in [4.69, 9.17) is 0 Å². The molecule has 2 aliphatic rings. The molecule has 2 saturated carbocycles. The molecule has 2 aliphatic carbocycles. The van der Waals surface area contributed by atoms with Gasteiger partial charge in [0.25, 0.3) is 5.91 Å². The number of hydrogen-bond donors (Lipinski definition) is 1. The first-order valence-electron chi connectivity index (χ1n) is 8.61. The molecule has 1 amide bonds. The predicted molar refractivity (Wildman–Crippen MR) is 91.2 cm³/mol. The third kappa shape index (κ3) is 2.80. The van der Waals surface area contributed by atoms with Crippen molar-refractivity contribution in [2.75, 3.05) is 0 Å². The highest BCUT2D eigenvalue weighted by Crippen LogP contribution is 2.58. The Balaban J connectivity index is 1.86. The third-order valence-corrected chi connectivity index (χ3v) is 6.24. The van der Waals surface area contributed by atoms with Crippen LogP contribution in [0.15, 0.2) is 18.2 Å². The van der Waals surface area contributed by atoms with E-state index >= 15 is 0 Å². The molecule has 0 aliphatic heterocycles. The van der Waals surface area contributed by atoms with E-state index in [1.807, 2.05) is 6.07 Å². The monoisotopic (exact) mass is 299 g/mol. The normalized spacial score (nSPS) is 23.5. The quantitative estimate of drug-likeness (QED) is 0.852. The highest BCUT2D eigenvalue weighted by atomic mass is 16.1. The van der Waals surface area contributed by atoms with Gasteiger partial charge in [-0.15, -0.1) is 0 Å². The Hall–Kier alpha value is -1.31. The van der Waals surface area contributed by atoms with Gasteiger partial charge < -0.3 is 5.32 Å². The number of aryl methyl sites for hydroxylation is 1. The topological polar surface area (TPSA) is 29.1 Å². The van der Waals surface area contributed by atoms with E-state index in [9.17, 15) is 4.79 Å². The summed E-state index contributed by atoms with van der Waals surface area (Å²) >= 11 is 0. The first-order chi connectivity index (χ1) is 10.2. The van der Waals surface area contributed by atoms with Crippen LogP contribution in [0.1, 0.15) is 80.8 Å². The van der Waals surface area contributed by atoms with Crippen LogP contribution in [0.4, 0.5) is 0 Å². The van der Waals surface area contributed by atoms with Gasteiger partial charge in [0.2, 0.25) is 0 Å². The Morgan fingerprint density at radius 2 is 1.68 bits per heavy atom. The molecule has 120 valence electrons. The molecule has 1 N–H and O–H groups in total. The molecular weight excluding hydrogens is 270 g/mol. The lowest BCUT2D eigenvalue weighted by Crippen LogP contribution is -2.25. The second-order valence-corrected chi connectivity index (χ2v) is 8.69. The minimum absolute atomic E-state index is 0.0975. The van der Waals surface area contributed by atoms with Gasteiger partial charge in [-0.3, -0.25) is 4.79 Å². The summed E-state index contributed by atoms with van der Waals surface area (Å²) in [6.07, 6.45) is 4.67. The average Bonchev–Trinajstić information content (AvgIpc) is 3.17. The van der Waals surface area contributed by atoms with Crippen LogP contribution in [0.5, 0.6) is 0 Å². The molecule has 3 rings (SSSR count). The van der Waals surface area contributed by atoms with Crippen LogP contribution in [-0.2, 0) is 0 Å². The summed E-state index contributed by atoms with van der Waals surface area (Å²) in [5.74, 6) is 0.666. The van der Waals surface area contributed by atoms with Crippen LogP contribution in [-0.4, -0.2) is 11.9 Å².